The highest BCUT2D eigenvalue weighted by atomic mass is 16.5. The number of hydrogen-bond acceptors (Lipinski definition) is 3. The Bertz CT molecular complexity index is 309. The van der Waals surface area contributed by atoms with Crippen LogP contribution in [0.1, 0.15) is 13.8 Å². The van der Waals surface area contributed by atoms with Gasteiger partial charge in [0.25, 0.3) is 0 Å². The molecule has 0 aliphatic carbocycles. The van der Waals surface area contributed by atoms with E-state index in [0.717, 1.165) is 25.4 Å². The highest BCUT2D eigenvalue weighted by Gasteiger charge is 2.01. The van der Waals surface area contributed by atoms with E-state index in [1.54, 1.807) is 7.11 Å². The maximum absolute atomic E-state index is 5.14. The summed E-state index contributed by atoms with van der Waals surface area (Å²) in [6, 6.07) is 8.16. The second-order valence-corrected chi connectivity index (χ2v) is 4.72. The lowest BCUT2D eigenvalue weighted by molar-refractivity contribution is 0.415. The number of ether oxygens (including phenoxy) is 1. The van der Waals surface area contributed by atoms with Crippen molar-refractivity contribution in [3.05, 3.63) is 24.3 Å². The summed E-state index contributed by atoms with van der Waals surface area (Å²) >= 11 is 0. The first-order valence-corrected chi connectivity index (χ1v) is 6.19. The average Bonchev–Trinajstić information content (AvgIpc) is 2.34. The van der Waals surface area contributed by atoms with Crippen LogP contribution >= 0.6 is 0 Å². The van der Waals surface area contributed by atoms with Gasteiger partial charge in [-0.2, -0.15) is 0 Å². The molecule has 1 rings (SSSR count). The van der Waals surface area contributed by atoms with Crippen LogP contribution in [0.3, 0.4) is 0 Å². The molecule has 0 spiro atoms. The van der Waals surface area contributed by atoms with E-state index in [2.05, 4.69) is 43.2 Å². The summed E-state index contributed by atoms with van der Waals surface area (Å²) in [7, 11) is 3.80. The highest BCUT2D eigenvalue weighted by molar-refractivity contribution is 5.48. The molecule has 3 nitrogen and oxygen atoms in total. The van der Waals surface area contributed by atoms with E-state index >= 15 is 0 Å². The SMILES string of the molecule is COc1ccc(N(C)CCNCC(C)C)cc1. The van der Waals surface area contributed by atoms with Crippen LogP contribution in [-0.4, -0.2) is 33.8 Å². The molecule has 0 fully saturated rings. The first kappa shape index (κ1) is 13.8. The minimum Gasteiger partial charge on any atom is -0.497 e. The second-order valence-electron chi connectivity index (χ2n) is 4.72. The lowest BCUT2D eigenvalue weighted by Crippen LogP contribution is -2.31. The van der Waals surface area contributed by atoms with Crippen molar-refractivity contribution >= 4 is 5.69 Å². The molecule has 0 amide bonds. The molecule has 0 aliphatic rings. The largest absolute Gasteiger partial charge is 0.497 e. The van der Waals surface area contributed by atoms with Gasteiger partial charge in [0.1, 0.15) is 5.75 Å². The van der Waals surface area contributed by atoms with Crippen LogP contribution in [0.4, 0.5) is 5.69 Å². The van der Waals surface area contributed by atoms with E-state index in [4.69, 9.17) is 4.74 Å². The van der Waals surface area contributed by atoms with Gasteiger partial charge in [-0.05, 0) is 36.7 Å². The van der Waals surface area contributed by atoms with Crippen LogP contribution in [0, 0.1) is 5.92 Å². The van der Waals surface area contributed by atoms with Crippen molar-refractivity contribution in [2.45, 2.75) is 13.8 Å². The third-order valence-electron chi connectivity index (χ3n) is 2.69. The predicted octanol–water partition coefficient (Wildman–Crippen LogP) is 2.38. The molecule has 0 unspecified atom stereocenters. The number of nitrogens with zero attached hydrogens (tertiary/aromatic N) is 1. The van der Waals surface area contributed by atoms with E-state index < -0.39 is 0 Å². The molecule has 0 saturated heterocycles. The highest BCUT2D eigenvalue weighted by Crippen LogP contribution is 2.17. The zero-order valence-electron chi connectivity index (χ0n) is 11.4. The Hall–Kier alpha value is -1.22. The van der Waals surface area contributed by atoms with Gasteiger partial charge in [0.15, 0.2) is 0 Å². The molecule has 0 saturated carbocycles. The Kier molecular flexibility index (Phi) is 5.84. The van der Waals surface area contributed by atoms with Crippen LogP contribution in [0.15, 0.2) is 24.3 Å². The maximum atomic E-state index is 5.14. The lowest BCUT2D eigenvalue weighted by atomic mass is 10.2. The number of nitrogens with one attached hydrogen (secondary N) is 1. The lowest BCUT2D eigenvalue weighted by Gasteiger charge is -2.20. The predicted molar refractivity (Wildman–Crippen MR) is 74.0 cm³/mol. The van der Waals surface area contributed by atoms with E-state index in [1.807, 2.05) is 12.1 Å². The number of anilines is 1. The van der Waals surface area contributed by atoms with Gasteiger partial charge in [-0.3, -0.25) is 0 Å². The molecule has 0 bridgehead atoms. The Morgan fingerprint density at radius 1 is 1.24 bits per heavy atom. The molecule has 17 heavy (non-hydrogen) atoms. The van der Waals surface area contributed by atoms with Crippen molar-refractivity contribution in [3.63, 3.8) is 0 Å². The summed E-state index contributed by atoms with van der Waals surface area (Å²) in [6.45, 7) is 7.55. The summed E-state index contributed by atoms with van der Waals surface area (Å²) < 4.78 is 5.14. The Labute approximate surface area is 105 Å². The van der Waals surface area contributed by atoms with Gasteiger partial charge in [-0.15, -0.1) is 0 Å². The van der Waals surface area contributed by atoms with Crippen molar-refractivity contribution in [2.24, 2.45) is 5.92 Å². The molecule has 1 N–H and O–H groups in total. The van der Waals surface area contributed by atoms with Gasteiger partial charge in [0.2, 0.25) is 0 Å². The summed E-state index contributed by atoms with van der Waals surface area (Å²) in [6.07, 6.45) is 0. The standard InChI is InChI=1S/C14H24N2O/c1-12(2)11-15-9-10-16(3)13-5-7-14(17-4)8-6-13/h5-8,12,15H,9-11H2,1-4H3. The zero-order valence-corrected chi connectivity index (χ0v) is 11.4. The molecule has 96 valence electrons. The fourth-order valence-electron chi connectivity index (χ4n) is 1.60. The van der Waals surface area contributed by atoms with Gasteiger partial charge in [0.05, 0.1) is 7.11 Å². The number of likely N-dealkylation sites (N-methyl/N-ethyl adjacent to an activating group) is 1. The summed E-state index contributed by atoms with van der Waals surface area (Å²) in [4.78, 5) is 2.24. The van der Waals surface area contributed by atoms with E-state index in [0.29, 0.717) is 5.92 Å². The first-order valence-electron chi connectivity index (χ1n) is 6.19. The van der Waals surface area contributed by atoms with E-state index in [-0.39, 0.29) is 0 Å². The fraction of sp³-hybridized carbons (Fsp3) is 0.571. The van der Waals surface area contributed by atoms with Crippen molar-refractivity contribution in [2.75, 3.05) is 38.7 Å². The number of rotatable bonds is 7. The summed E-state index contributed by atoms with van der Waals surface area (Å²) in [5.41, 5.74) is 1.22. The monoisotopic (exact) mass is 236 g/mol. The summed E-state index contributed by atoms with van der Waals surface area (Å²) in [5, 5.41) is 3.44. The minimum atomic E-state index is 0.710. The van der Waals surface area contributed by atoms with Crippen LogP contribution < -0.4 is 15.0 Å². The number of methoxy groups -OCH3 is 1. The third-order valence-corrected chi connectivity index (χ3v) is 2.69. The minimum absolute atomic E-state index is 0.710. The second kappa shape index (κ2) is 7.17. The van der Waals surface area contributed by atoms with Gasteiger partial charge in [-0.25, -0.2) is 0 Å². The average molecular weight is 236 g/mol. The van der Waals surface area contributed by atoms with Gasteiger partial charge < -0.3 is 15.0 Å². The molecule has 0 radical (unpaired) electrons. The first-order chi connectivity index (χ1) is 8.13. The Balaban J connectivity index is 2.33. The van der Waals surface area contributed by atoms with Gasteiger partial charge in [0, 0.05) is 25.8 Å². The molecular weight excluding hydrogens is 212 g/mol. The maximum Gasteiger partial charge on any atom is 0.119 e. The van der Waals surface area contributed by atoms with E-state index in [9.17, 15) is 0 Å². The Morgan fingerprint density at radius 2 is 1.88 bits per heavy atom. The molecule has 1 aromatic rings. The van der Waals surface area contributed by atoms with Crippen LogP contribution in [0.25, 0.3) is 0 Å². The molecule has 1 aromatic carbocycles. The van der Waals surface area contributed by atoms with Crippen molar-refractivity contribution in [1.29, 1.82) is 0 Å². The zero-order chi connectivity index (χ0) is 12.7. The van der Waals surface area contributed by atoms with Crippen molar-refractivity contribution in [3.8, 4) is 5.75 Å². The molecular formula is C14H24N2O. The molecule has 3 heteroatoms. The van der Waals surface area contributed by atoms with Gasteiger partial charge in [-0.1, -0.05) is 13.8 Å². The fourth-order valence-corrected chi connectivity index (χ4v) is 1.60. The molecule has 0 aromatic heterocycles. The van der Waals surface area contributed by atoms with Crippen LogP contribution in [-0.2, 0) is 0 Å². The smallest absolute Gasteiger partial charge is 0.119 e. The quantitative estimate of drug-likeness (QED) is 0.736. The van der Waals surface area contributed by atoms with Crippen molar-refractivity contribution < 1.29 is 4.74 Å². The van der Waals surface area contributed by atoms with Crippen molar-refractivity contribution in [1.82, 2.24) is 5.32 Å². The Morgan fingerprint density at radius 3 is 2.41 bits per heavy atom. The molecule has 0 atom stereocenters. The van der Waals surface area contributed by atoms with Gasteiger partial charge >= 0.3 is 0 Å². The third kappa shape index (κ3) is 5.09. The van der Waals surface area contributed by atoms with Crippen LogP contribution in [0.2, 0.25) is 0 Å². The molecule has 0 aliphatic heterocycles. The number of benzene rings is 1. The van der Waals surface area contributed by atoms with Crippen LogP contribution in [0.5, 0.6) is 5.75 Å². The number of hydrogen-bond donors (Lipinski definition) is 1. The van der Waals surface area contributed by atoms with E-state index in [1.165, 1.54) is 5.69 Å². The summed E-state index contributed by atoms with van der Waals surface area (Å²) in [5.74, 6) is 1.61. The molecule has 0 heterocycles. The topological polar surface area (TPSA) is 24.5 Å². The normalized spacial score (nSPS) is 10.6.